The monoisotopic (exact) mass is 341 g/mol. The maximum Gasteiger partial charge on any atom is 0.243 e. The average molecular weight is 341 g/mol. The van der Waals surface area contributed by atoms with E-state index in [2.05, 4.69) is 4.98 Å². The van der Waals surface area contributed by atoms with Crippen LogP contribution in [0.5, 0.6) is 0 Å². The first-order chi connectivity index (χ1) is 9.80. The Morgan fingerprint density at radius 3 is 2.48 bits per heavy atom. The number of aryl methyl sites for hydroxylation is 1. The van der Waals surface area contributed by atoms with E-state index in [0.29, 0.717) is 5.56 Å². The lowest BCUT2D eigenvalue weighted by Gasteiger charge is -2.16. The number of benzene rings is 1. The van der Waals surface area contributed by atoms with E-state index >= 15 is 0 Å². The van der Waals surface area contributed by atoms with Crippen LogP contribution in [-0.2, 0) is 16.6 Å². The van der Waals surface area contributed by atoms with Crippen molar-refractivity contribution in [3.05, 3.63) is 45.9 Å². The zero-order valence-corrected chi connectivity index (χ0v) is 14.1. The molecule has 0 unspecified atom stereocenters. The molecule has 1 heterocycles. The van der Waals surface area contributed by atoms with Gasteiger partial charge >= 0.3 is 0 Å². The molecule has 0 aliphatic carbocycles. The lowest BCUT2D eigenvalue weighted by atomic mass is 10.2. The van der Waals surface area contributed by atoms with Gasteiger partial charge in [-0.2, -0.15) is 4.31 Å². The third kappa shape index (κ3) is 3.65. The predicted octanol–water partition coefficient (Wildman–Crippen LogP) is 1.91. The minimum absolute atomic E-state index is 0.206. The number of sulfonamides is 1. The van der Waals surface area contributed by atoms with Gasteiger partial charge < -0.3 is 5.73 Å². The second-order valence-corrected chi connectivity index (χ2v) is 8.05. The van der Waals surface area contributed by atoms with Gasteiger partial charge in [0.2, 0.25) is 10.0 Å². The van der Waals surface area contributed by atoms with Crippen LogP contribution in [0.15, 0.2) is 34.5 Å². The number of hydrogen-bond donors (Lipinski definition) is 1. The first-order valence-corrected chi connectivity index (χ1v) is 8.80. The lowest BCUT2D eigenvalue weighted by Crippen LogP contribution is -2.26. The van der Waals surface area contributed by atoms with Crippen LogP contribution >= 0.6 is 23.6 Å². The molecule has 0 atom stereocenters. The SMILES string of the molecule is Cc1nc(CN(C)S(=O)(=O)c2ccc(C(N)=S)cc2)cs1. The molecule has 0 spiro atoms. The largest absolute Gasteiger partial charge is 0.389 e. The number of thiazole rings is 1. The summed E-state index contributed by atoms with van der Waals surface area (Å²) in [5.74, 6) is 0. The highest BCUT2D eigenvalue weighted by Gasteiger charge is 2.21. The summed E-state index contributed by atoms with van der Waals surface area (Å²) in [6.07, 6.45) is 0. The standard InChI is InChI=1S/C13H15N3O2S3/c1-9-15-11(8-20-9)7-16(2)21(17,18)12-5-3-10(4-6-12)13(14)19/h3-6,8H,7H2,1-2H3,(H2,14,19). The normalized spacial score (nSPS) is 11.8. The van der Waals surface area contributed by atoms with Crippen LogP contribution in [0.3, 0.4) is 0 Å². The number of aromatic nitrogens is 1. The molecule has 112 valence electrons. The van der Waals surface area contributed by atoms with Crippen molar-refractivity contribution in [2.75, 3.05) is 7.05 Å². The molecule has 0 radical (unpaired) electrons. The molecule has 2 N–H and O–H groups in total. The summed E-state index contributed by atoms with van der Waals surface area (Å²) >= 11 is 6.35. The Labute approximate surface area is 133 Å². The van der Waals surface area contributed by atoms with Crippen LogP contribution in [0.1, 0.15) is 16.3 Å². The predicted molar refractivity (Wildman–Crippen MR) is 87.8 cm³/mol. The molecule has 0 saturated carbocycles. The smallest absolute Gasteiger partial charge is 0.243 e. The third-order valence-electron chi connectivity index (χ3n) is 2.90. The van der Waals surface area contributed by atoms with Gasteiger partial charge in [0.05, 0.1) is 22.1 Å². The fourth-order valence-electron chi connectivity index (χ4n) is 1.77. The summed E-state index contributed by atoms with van der Waals surface area (Å²) in [5.41, 5.74) is 6.88. The lowest BCUT2D eigenvalue weighted by molar-refractivity contribution is 0.463. The number of hydrogen-bond acceptors (Lipinski definition) is 5. The van der Waals surface area contributed by atoms with Crippen molar-refractivity contribution in [1.82, 2.24) is 9.29 Å². The molecule has 1 aromatic carbocycles. The van der Waals surface area contributed by atoms with Crippen molar-refractivity contribution < 1.29 is 8.42 Å². The molecular weight excluding hydrogens is 326 g/mol. The van der Waals surface area contributed by atoms with Crippen LogP contribution in [0, 0.1) is 6.92 Å². The summed E-state index contributed by atoms with van der Waals surface area (Å²) in [4.78, 5) is 4.72. The maximum atomic E-state index is 12.5. The molecule has 0 bridgehead atoms. The summed E-state index contributed by atoms with van der Waals surface area (Å²) in [6.45, 7) is 2.13. The number of rotatable bonds is 5. The zero-order chi connectivity index (χ0) is 15.6. The van der Waals surface area contributed by atoms with Crippen molar-refractivity contribution in [2.45, 2.75) is 18.4 Å². The Morgan fingerprint density at radius 1 is 1.38 bits per heavy atom. The van der Waals surface area contributed by atoms with Gasteiger partial charge in [0, 0.05) is 18.0 Å². The highest BCUT2D eigenvalue weighted by atomic mass is 32.2. The molecule has 0 amide bonds. The van der Waals surface area contributed by atoms with E-state index in [-0.39, 0.29) is 16.4 Å². The van der Waals surface area contributed by atoms with Gasteiger partial charge in [0.1, 0.15) is 4.99 Å². The number of nitrogens with two attached hydrogens (primary N) is 1. The Balaban J connectivity index is 2.22. The van der Waals surface area contributed by atoms with E-state index in [0.717, 1.165) is 10.7 Å². The van der Waals surface area contributed by atoms with Gasteiger partial charge in [-0.15, -0.1) is 11.3 Å². The topological polar surface area (TPSA) is 76.3 Å². The Bertz CT molecular complexity index is 751. The fraction of sp³-hybridized carbons (Fsp3) is 0.231. The molecule has 0 saturated heterocycles. The molecule has 0 fully saturated rings. The van der Waals surface area contributed by atoms with Crippen LogP contribution in [0.4, 0.5) is 0 Å². The maximum absolute atomic E-state index is 12.5. The van der Waals surface area contributed by atoms with E-state index in [1.165, 1.54) is 34.8 Å². The van der Waals surface area contributed by atoms with E-state index in [1.807, 2.05) is 12.3 Å². The molecule has 5 nitrogen and oxygen atoms in total. The number of nitrogens with zero attached hydrogens (tertiary/aromatic N) is 2. The molecule has 2 aromatic rings. The van der Waals surface area contributed by atoms with Crippen molar-refractivity contribution in [3.63, 3.8) is 0 Å². The second-order valence-electron chi connectivity index (χ2n) is 4.51. The van der Waals surface area contributed by atoms with Gasteiger partial charge in [-0.3, -0.25) is 0 Å². The van der Waals surface area contributed by atoms with Gasteiger partial charge in [0.25, 0.3) is 0 Å². The second kappa shape index (κ2) is 6.18. The van der Waals surface area contributed by atoms with Gasteiger partial charge in [-0.25, -0.2) is 13.4 Å². The minimum Gasteiger partial charge on any atom is -0.389 e. The van der Waals surface area contributed by atoms with Gasteiger partial charge in [-0.05, 0) is 19.1 Å². The fourth-order valence-corrected chi connectivity index (χ4v) is 3.65. The molecule has 2 rings (SSSR count). The van der Waals surface area contributed by atoms with Crippen molar-refractivity contribution in [3.8, 4) is 0 Å². The summed E-state index contributed by atoms with van der Waals surface area (Å²) in [6, 6.07) is 6.23. The molecular formula is C13H15N3O2S3. The van der Waals surface area contributed by atoms with E-state index < -0.39 is 10.0 Å². The van der Waals surface area contributed by atoms with Crippen molar-refractivity contribution in [2.24, 2.45) is 5.73 Å². The minimum atomic E-state index is -3.56. The quantitative estimate of drug-likeness (QED) is 0.841. The zero-order valence-electron chi connectivity index (χ0n) is 11.6. The van der Waals surface area contributed by atoms with E-state index in [9.17, 15) is 8.42 Å². The van der Waals surface area contributed by atoms with Gasteiger partial charge in [0.15, 0.2) is 0 Å². The van der Waals surface area contributed by atoms with E-state index in [4.69, 9.17) is 18.0 Å². The first kappa shape index (κ1) is 16.0. The third-order valence-corrected chi connectivity index (χ3v) is 5.77. The Morgan fingerprint density at radius 2 is 2.00 bits per heavy atom. The average Bonchev–Trinajstić information content (AvgIpc) is 2.84. The molecule has 1 aromatic heterocycles. The molecule has 21 heavy (non-hydrogen) atoms. The van der Waals surface area contributed by atoms with Crippen LogP contribution in [0.2, 0.25) is 0 Å². The van der Waals surface area contributed by atoms with E-state index in [1.54, 1.807) is 12.1 Å². The molecule has 0 aliphatic rings. The van der Waals surface area contributed by atoms with Crippen LogP contribution in [-0.4, -0.2) is 29.7 Å². The summed E-state index contributed by atoms with van der Waals surface area (Å²) in [7, 11) is -2.02. The Kier molecular flexibility index (Phi) is 4.72. The summed E-state index contributed by atoms with van der Waals surface area (Å²) < 4.78 is 26.2. The van der Waals surface area contributed by atoms with Gasteiger partial charge in [-0.1, -0.05) is 24.4 Å². The molecule has 8 heteroatoms. The van der Waals surface area contributed by atoms with Crippen molar-refractivity contribution >= 4 is 38.6 Å². The first-order valence-electron chi connectivity index (χ1n) is 6.08. The summed E-state index contributed by atoms with van der Waals surface area (Å²) in [5, 5.41) is 2.77. The van der Waals surface area contributed by atoms with Crippen molar-refractivity contribution in [1.29, 1.82) is 0 Å². The Hall–Kier alpha value is -1.35. The molecule has 0 aliphatic heterocycles. The highest BCUT2D eigenvalue weighted by molar-refractivity contribution is 7.89. The van der Waals surface area contributed by atoms with Crippen LogP contribution in [0.25, 0.3) is 0 Å². The number of thiocarbonyl (C=S) groups is 1. The highest BCUT2D eigenvalue weighted by Crippen LogP contribution is 2.18. The van der Waals surface area contributed by atoms with Crippen LogP contribution < -0.4 is 5.73 Å².